The third-order valence-electron chi connectivity index (χ3n) is 6.37. The quantitative estimate of drug-likeness (QED) is 0.277. The Labute approximate surface area is 236 Å². The lowest BCUT2D eigenvalue weighted by molar-refractivity contribution is 0.242. The number of sulfonamides is 2. The Kier molecular flexibility index (Phi) is 7.08. The van der Waals surface area contributed by atoms with Crippen LogP contribution >= 0.6 is 15.9 Å². The minimum atomic E-state index is -3.82. The van der Waals surface area contributed by atoms with Crippen molar-refractivity contribution in [2.75, 3.05) is 29.4 Å². The minimum Gasteiger partial charge on any atom is -0.496 e. The van der Waals surface area contributed by atoms with E-state index >= 15 is 0 Å². The van der Waals surface area contributed by atoms with E-state index in [1.54, 1.807) is 61.7 Å². The predicted molar refractivity (Wildman–Crippen MR) is 156 cm³/mol. The normalized spacial score (nSPS) is 14.5. The Morgan fingerprint density at radius 1 is 0.923 bits per heavy atom. The van der Waals surface area contributed by atoms with Crippen molar-refractivity contribution in [1.82, 2.24) is 0 Å². The number of halogens is 1. The highest BCUT2D eigenvalue weighted by molar-refractivity contribution is 9.10. The van der Waals surface area contributed by atoms with Crippen molar-refractivity contribution in [3.8, 4) is 22.6 Å². The van der Waals surface area contributed by atoms with E-state index in [1.165, 1.54) is 11.4 Å². The Hall–Kier alpha value is -3.54. The molecule has 202 valence electrons. The molecule has 11 heteroatoms. The van der Waals surface area contributed by atoms with Gasteiger partial charge in [-0.15, -0.1) is 0 Å². The van der Waals surface area contributed by atoms with Crippen LogP contribution in [0.1, 0.15) is 17.2 Å². The van der Waals surface area contributed by atoms with Crippen molar-refractivity contribution in [1.29, 1.82) is 0 Å². The zero-order chi connectivity index (χ0) is 27.9. The van der Waals surface area contributed by atoms with E-state index in [-0.39, 0.29) is 4.90 Å². The summed E-state index contributed by atoms with van der Waals surface area (Å²) in [7, 11) is -4.26. The van der Waals surface area contributed by atoms with Gasteiger partial charge in [0, 0.05) is 22.8 Å². The number of ether oxygens (including phenoxy) is 2. The molecule has 8 nitrogen and oxygen atoms in total. The molecule has 0 aromatic heterocycles. The lowest BCUT2D eigenvalue weighted by Gasteiger charge is -2.31. The molecule has 0 aliphatic carbocycles. The van der Waals surface area contributed by atoms with Crippen molar-refractivity contribution < 1.29 is 26.3 Å². The highest BCUT2D eigenvalue weighted by Gasteiger charge is 2.31. The average molecular weight is 630 g/mol. The van der Waals surface area contributed by atoms with Crippen LogP contribution in [0.3, 0.4) is 0 Å². The lowest BCUT2D eigenvalue weighted by Crippen LogP contribution is -2.27. The van der Waals surface area contributed by atoms with Gasteiger partial charge < -0.3 is 9.47 Å². The molecular formula is C28H25BrN2O6S2. The van der Waals surface area contributed by atoms with Crippen LogP contribution in [0.4, 0.5) is 11.4 Å². The number of rotatable bonds is 7. The number of hydrogen-bond donors (Lipinski definition) is 1. The van der Waals surface area contributed by atoms with Crippen LogP contribution in [0.15, 0.2) is 94.3 Å². The van der Waals surface area contributed by atoms with E-state index in [4.69, 9.17) is 9.47 Å². The van der Waals surface area contributed by atoms with Gasteiger partial charge in [-0.25, -0.2) is 16.8 Å². The highest BCUT2D eigenvalue weighted by Crippen LogP contribution is 2.49. The molecule has 39 heavy (non-hydrogen) atoms. The first-order valence-electron chi connectivity index (χ1n) is 11.8. The molecule has 1 aliphatic rings. The van der Waals surface area contributed by atoms with Crippen LogP contribution in [-0.4, -0.2) is 37.2 Å². The van der Waals surface area contributed by atoms with Gasteiger partial charge >= 0.3 is 0 Å². The summed E-state index contributed by atoms with van der Waals surface area (Å²) in [6.45, 7) is 0. The van der Waals surface area contributed by atoms with E-state index in [0.717, 1.165) is 21.9 Å². The van der Waals surface area contributed by atoms with Crippen molar-refractivity contribution in [3.63, 3.8) is 0 Å². The number of anilines is 2. The standard InChI is InChI=1S/C28H25BrN2O6S2/c1-31(39(34,35)22-13-10-19(29)11-14-22)21-7-4-6-18(16-21)28-24-17-20(30-38(3,32)33)12-15-23(24)27-25(36-2)8-5-9-26(27)37-28/h4-17,28,30H,1-3H3. The molecule has 1 N–H and O–H groups in total. The Morgan fingerprint density at radius 3 is 2.33 bits per heavy atom. The second kappa shape index (κ2) is 10.2. The van der Waals surface area contributed by atoms with Crippen LogP contribution in [-0.2, 0) is 20.0 Å². The van der Waals surface area contributed by atoms with Gasteiger partial charge in [0.15, 0.2) is 0 Å². The molecule has 0 amide bonds. The minimum absolute atomic E-state index is 0.162. The topological polar surface area (TPSA) is 102 Å². The van der Waals surface area contributed by atoms with Crippen LogP contribution in [0.25, 0.3) is 11.1 Å². The van der Waals surface area contributed by atoms with Gasteiger partial charge in [0.1, 0.15) is 17.6 Å². The monoisotopic (exact) mass is 628 g/mol. The van der Waals surface area contributed by atoms with E-state index < -0.39 is 26.2 Å². The highest BCUT2D eigenvalue weighted by atomic mass is 79.9. The summed E-state index contributed by atoms with van der Waals surface area (Å²) in [5.74, 6) is 1.21. The maximum atomic E-state index is 13.3. The largest absolute Gasteiger partial charge is 0.496 e. The summed E-state index contributed by atoms with van der Waals surface area (Å²) >= 11 is 3.33. The van der Waals surface area contributed by atoms with Crippen molar-refractivity contribution >= 4 is 47.4 Å². The first-order valence-corrected chi connectivity index (χ1v) is 15.9. The smallest absolute Gasteiger partial charge is 0.264 e. The summed E-state index contributed by atoms with van der Waals surface area (Å²) < 4.78 is 67.1. The summed E-state index contributed by atoms with van der Waals surface area (Å²) in [6, 6.07) is 24.3. The van der Waals surface area contributed by atoms with Gasteiger partial charge in [-0.1, -0.05) is 40.2 Å². The second-order valence-corrected chi connectivity index (χ2v) is 13.7. The van der Waals surface area contributed by atoms with Crippen LogP contribution in [0.2, 0.25) is 0 Å². The molecule has 1 heterocycles. The zero-order valence-electron chi connectivity index (χ0n) is 21.3. The van der Waals surface area contributed by atoms with Gasteiger partial charge in [-0.2, -0.15) is 0 Å². The predicted octanol–water partition coefficient (Wildman–Crippen LogP) is 5.80. The van der Waals surface area contributed by atoms with Gasteiger partial charge in [-0.05, 0) is 71.8 Å². The summed E-state index contributed by atoms with van der Waals surface area (Å²) in [4.78, 5) is 0.162. The SMILES string of the molecule is COc1cccc2c1-c1ccc(NS(C)(=O)=O)cc1C(c1cccc(N(C)S(=O)(=O)c3ccc(Br)cc3)c1)O2. The first-order chi connectivity index (χ1) is 18.5. The Balaban J connectivity index is 1.61. The third kappa shape index (κ3) is 5.34. The van der Waals surface area contributed by atoms with Crippen LogP contribution < -0.4 is 18.5 Å². The second-order valence-electron chi connectivity index (χ2n) is 9.03. The fourth-order valence-electron chi connectivity index (χ4n) is 4.55. The summed E-state index contributed by atoms with van der Waals surface area (Å²) in [5, 5.41) is 0. The maximum absolute atomic E-state index is 13.3. The molecule has 0 saturated heterocycles. The number of nitrogens with zero attached hydrogens (tertiary/aromatic N) is 1. The number of fused-ring (bicyclic) bond motifs is 3. The fraction of sp³-hybridized carbons (Fsp3) is 0.143. The summed E-state index contributed by atoms with van der Waals surface area (Å²) in [5.41, 5.74) is 3.80. The molecule has 4 aromatic carbocycles. The maximum Gasteiger partial charge on any atom is 0.264 e. The average Bonchev–Trinajstić information content (AvgIpc) is 2.91. The van der Waals surface area contributed by atoms with Gasteiger partial charge in [-0.3, -0.25) is 9.03 Å². The van der Waals surface area contributed by atoms with Gasteiger partial charge in [0.25, 0.3) is 10.0 Å². The third-order valence-corrected chi connectivity index (χ3v) is 9.30. The van der Waals surface area contributed by atoms with Crippen molar-refractivity contribution in [3.05, 3.63) is 101 Å². The van der Waals surface area contributed by atoms with E-state index in [0.29, 0.717) is 34.0 Å². The molecule has 0 radical (unpaired) electrons. The molecule has 1 atom stereocenters. The number of nitrogens with one attached hydrogen (secondary N) is 1. The Morgan fingerprint density at radius 2 is 1.64 bits per heavy atom. The first kappa shape index (κ1) is 27.0. The molecule has 1 aliphatic heterocycles. The van der Waals surface area contributed by atoms with Gasteiger partial charge in [0.2, 0.25) is 10.0 Å². The van der Waals surface area contributed by atoms with Crippen LogP contribution in [0, 0.1) is 0 Å². The van der Waals surface area contributed by atoms with E-state index in [1.807, 2.05) is 30.3 Å². The van der Waals surface area contributed by atoms with Crippen molar-refractivity contribution in [2.45, 2.75) is 11.0 Å². The lowest BCUT2D eigenvalue weighted by atomic mass is 9.88. The van der Waals surface area contributed by atoms with E-state index in [9.17, 15) is 16.8 Å². The van der Waals surface area contributed by atoms with Gasteiger partial charge in [0.05, 0.1) is 29.5 Å². The summed E-state index contributed by atoms with van der Waals surface area (Å²) in [6.07, 6.45) is 0.439. The molecule has 0 fully saturated rings. The zero-order valence-corrected chi connectivity index (χ0v) is 24.5. The molecule has 0 saturated carbocycles. The number of benzene rings is 4. The molecule has 0 bridgehead atoms. The molecule has 5 rings (SSSR count). The van der Waals surface area contributed by atoms with Crippen LogP contribution in [0.5, 0.6) is 11.5 Å². The molecule has 1 unspecified atom stereocenters. The fourth-order valence-corrected chi connectivity index (χ4v) is 6.56. The van der Waals surface area contributed by atoms with Crippen molar-refractivity contribution in [2.24, 2.45) is 0 Å². The Bertz CT molecular complexity index is 1770. The number of methoxy groups -OCH3 is 1. The molecular weight excluding hydrogens is 604 g/mol. The molecule has 0 spiro atoms. The number of hydrogen-bond acceptors (Lipinski definition) is 6. The van der Waals surface area contributed by atoms with E-state index in [2.05, 4.69) is 20.7 Å². The molecule has 4 aromatic rings.